The molecule has 8 rings (SSSR count). The van der Waals surface area contributed by atoms with Gasteiger partial charge in [-0.05, 0) is 96.3 Å². The van der Waals surface area contributed by atoms with Crippen LogP contribution in [0.5, 0.6) is 0 Å². The topological polar surface area (TPSA) is 170 Å². The monoisotopic (exact) mass is 748 g/mol. The lowest BCUT2D eigenvalue weighted by molar-refractivity contribution is -0.141. The minimum atomic E-state index is -2.97. The van der Waals surface area contributed by atoms with Crippen LogP contribution in [0.3, 0.4) is 0 Å². The Bertz CT molecular complexity index is 1370. The number of hydrogen-bond donors (Lipinski definition) is 4. The van der Waals surface area contributed by atoms with Gasteiger partial charge in [-0.25, -0.2) is 17.6 Å². The van der Waals surface area contributed by atoms with E-state index in [1.807, 2.05) is 12.1 Å². The van der Waals surface area contributed by atoms with Crippen molar-refractivity contribution in [3.05, 3.63) is 0 Å². The summed E-state index contributed by atoms with van der Waals surface area (Å²) in [5, 5.41) is 30.8. The Kier molecular flexibility index (Phi) is 11.1. The van der Waals surface area contributed by atoms with Gasteiger partial charge in [-0.3, -0.25) is 29.0 Å². The van der Waals surface area contributed by atoms with E-state index in [2.05, 4.69) is 21.3 Å². The number of carbonyl (C=O) groups excluding carboxylic acids is 4. The van der Waals surface area contributed by atoms with Crippen molar-refractivity contribution in [1.82, 2.24) is 31.1 Å². The van der Waals surface area contributed by atoms with Crippen LogP contribution in [0.1, 0.15) is 109 Å². The van der Waals surface area contributed by atoms with Crippen molar-refractivity contribution in [3.8, 4) is 12.1 Å². The molecule has 292 valence electrons. The van der Waals surface area contributed by atoms with E-state index in [1.165, 1.54) is 9.80 Å². The summed E-state index contributed by atoms with van der Waals surface area (Å²) in [4.78, 5) is 54.6. The van der Waals surface area contributed by atoms with Crippen LogP contribution < -0.4 is 21.3 Å². The van der Waals surface area contributed by atoms with Gasteiger partial charge in [-0.1, -0.05) is 0 Å². The number of fused-ring (bicyclic) bond motifs is 6. The standard InChI is InChI=1S/C37H52F4N8O4/c38-36(39)18-26(20-42)48(24-36)22-28(50)46-34-10-4-32(5-11-34,6-12-34)30(52)44-16-2-1-3-17-45-31(53)33-7-13-35(14-8-33,15-9-33)47-29(51)23-49-25-37(40,41)19-27(49)21-43/h26-27H,1-19,22-25H2,(H,44,52)(H,45,53)(H,46,50)(H,47,51)/t26-,27-,32?,33?,34?,35?/m0/s1. The highest BCUT2D eigenvalue weighted by molar-refractivity contribution is 5.84. The van der Waals surface area contributed by atoms with Crippen LogP contribution in [-0.4, -0.2) is 108 Å². The average Bonchev–Trinajstić information content (AvgIpc) is 3.59. The summed E-state index contributed by atoms with van der Waals surface area (Å²) in [6.45, 7) is -0.610. The number of nitrogens with zero attached hydrogens (tertiary/aromatic N) is 4. The summed E-state index contributed by atoms with van der Waals surface area (Å²) < 4.78 is 55.2. The first kappa shape index (κ1) is 39.2. The highest BCUT2D eigenvalue weighted by Gasteiger charge is 2.55. The van der Waals surface area contributed by atoms with Gasteiger partial charge in [0.05, 0.1) is 38.3 Å². The molecule has 2 atom stereocenters. The number of nitriles is 2. The van der Waals surface area contributed by atoms with Crippen LogP contribution in [-0.2, 0) is 19.2 Å². The zero-order valence-electron chi connectivity index (χ0n) is 30.4. The summed E-state index contributed by atoms with van der Waals surface area (Å²) in [5.74, 6) is -6.60. The third-order valence-electron chi connectivity index (χ3n) is 13.4. The van der Waals surface area contributed by atoms with E-state index in [9.17, 15) is 47.3 Å². The SMILES string of the molecule is N#C[C@@H]1CC(F)(F)CN1CC(=O)NC12CCC(C(=O)NCCCCCNC(=O)C34CCC(NC(=O)CN5CC(F)(F)C[C@H]5C#N)(CC3)CC4)(CC1)CC2. The molecule has 0 radical (unpaired) electrons. The molecule has 8 fully saturated rings. The third-order valence-corrected chi connectivity index (χ3v) is 13.4. The number of nitrogens with one attached hydrogen (secondary N) is 4. The van der Waals surface area contributed by atoms with Crippen molar-refractivity contribution >= 4 is 23.6 Å². The highest BCUT2D eigenvalue weighted by atomic mass is 19.3. The molecule has 2 heterocycles. The Hall–Kier alpha value is -3.50. The zero-order chi connectivity index (χ0) is 38.1. The second kappa shape index (κ2) is 15.0. The van der Waals surface area contributed by atoms with Gasteiger partial charge >= 0.3 is 0 Å². The maximum atomic E-state index is 13.8. The zero-order valence-corrected chi connectivity index (χ0v) is 30.4. The Balaban J connectivity index is 0.835. The number of likely N-dealkylation sites (tertiary alicyclic amines) is 2. The highest BCUT2D eigenvalue weighted by Crippen LogP contribution is 2.53. The lowest BCUT2D eigenvalue weighted by atomic mass is 9.57. The molecule has 0 aromatic heterocycles. The van der Waals surface area contributed by atoms with E-state index in [1.54, 1.807) is 0 Å². The number of hydrogen-bond acceptors (Lipinski definition) is 8. The number of carbonyl (C=O) groups is 4. The van der Waals surface area contributed by atoms with Gasteiger partial charge in [0.15, 0.2) is 0 Å². The minimum Gasteiger partial charge on any atom is -0.356 e. The number of halogens is 4. The number of unbranched alkanes of at least 4 members (excludes halogenated alkanes) is 2. The summed E-state index contributed by atoms with van der Waals surface area (Å²) in [6, 6.07) is 1.78. The normalized spacial score (nSPS) is 35.6. The van der Waals surface area contributed by atoms with E-state index >= 15 is 0 Å². The first-order valence-electron chi connectivity index (χ1n) is 19.3. The van der Waals surface area contributed by atoms with Crippen molar-refractivity contribution < 1.29 is 36.7 Å². The second-order valence-electron chi connectivity index (χ2n) is 17.0. The Labute approximate surface area is 308 Å². The molecule has 4 N–H and O–H groups in total. The first-order chi connectivity index (χ1) is 25.0. The molecule has 4 amide bonds. The van der Waals surface area contributed by atoms with Gasteiger partial charge in [0.1, 0.15) is 12.1 Å². The van der Waals surface area contributed by atoms with E-state index < -0.39 is 71.8 Å². The molecular formula is C37H52F4N8O4. The lowest BCUT2D eigenvalue weighted by Crippen LogP contribution is -2.60. The van der Waals surface area contributed by atoms with Crippen LogP contribution in [0, 0.1) is 33.5 Å². The number of amides is 4. The minimum absolute atomic E-state index is 0.0338. The Morgan fingerprint density at radius 1 is 0.566 bits per heavy atom. The Morgan fingerprint density at radius 2 is 0.906 bits per heavy atom. The van der Waals surface area contributed by atoms with Crippen LogP contribution in [0.4, 0.5) is 17.6 Å². The van der Waals surface area contributed by atoms with Crippen LogP contribution in [0.25, 0.3) is 0 Å². The van der Waals surface area contributed by atoms with Gasteiger partial charge in [0, 0.05) is 47.8 Å². The van der Waals surface area contributed by atoms with Crippen LogP contribution >= 0.6 is 0 Å². The fraction of sp³-hybridized carbons (Fsp3) is 0.838. The maximum Gasteiger partial charge on any atom is 0.263 e. The summed E-state index contributed by atoms with van der Waals surface area (Å²) >= 11 is 0. The van der Waals surface area contributed by atoms with Crippen molar-refractivity contribution in [2.24, 2.45) is 10.8 Å². The molecule has 0 aromatic rings. The van der Waals surface area contributed by atoms with Gasteiger partial charge in [0.2, 0.25) is 23.6 Å². The van der Waals surface area contributed by atoms with Gasteiger partial charge < -0.3 is 21.3 Å². The Morgan fingerprint density at radius 3 is 1.23 bits per heavy atom. The van der Waals surface area contributed by atoms with Crippen molar-refractivity contribution in [2.45, 2.75) is 144 Å². The van der Waals surface area contributed by atoms with Crippen molar-refractivity contribution in [2.75, 3.05) is 39.3 Å². The fourth-order valence-electron chi connectivity index (χ4n) is 10.0. The van der Waals surface area contributed by atoms with Crippen LogP contribution in [0.2, 0.25) is 0 Å². The van der Waals surface area contributed by atoms with Crippen molar-refractivity contribution in [3.63, 3.8) is 0 Å². The first-order valence-corrected chi connectivity index (χ1v) is 19.3. The maximum absolute atomic E-state index is 13.8. The van der Waals surface area contributed by atoms with Gasteiger partial charge in [0.25, 0.3) is 11.8 Å². The quantitative estimate of drug-likeness (QED) is 0.155. The van der Waals surface area contributed by atoms with E-state index in [-0.39, 0.29) is 36.7 Å². The predicted molar refractivity (Wildman–Crippen MR) is 183 cm³/mol. The number of rotatable bonds is 14. The molecule has 0 spiro atoms. The largest absolute Gasteiger partial charge is 0.356 e. The fourth-order valence-corrected chi connectivity index (χ4v) is 10.0. The molecule has 16 heteroatoms. The smallest absolute Gasteiger partial charge is 0.263 e. The summed E-state index contributed by atoms with van der Waals surface area (Å²) in [7, 11) is 0. The number of alkyl halides is 4. The van der Waals surface area contributed by atoms with Gasteiger partial charge in [-0.2, -0.15) is 10.5 Å². The summed E-state index contributed by atoms with van der Waals surface area (Å²) in [6.07, 6.45) is 8.99. The molecular weight excluding hydrogens is 696 g/mol. The molecule has 0 unspecified atom stereocenters. The van der Waals surface area contributed by atoms with E-state index in [4.69, 9.17) is 0 Å². The molecule has 6 saturated carbocycles. The molecule has 0 aromatic carbocycles. The predicted octanol–water partition coefficient (Wildman–Crippen LogP) is 3.27. The van der Waals surface area contributed by atoms with E-state index in [0.717, 1.165) is 19.3 Å². The van der Waals surface area contributed by atoms with Gasteiger partial charge in [-0.15, -0.1) is 0 Å². The van der Waals surface area contributed by atoms with Crippen LogP contribution in [0.15, 0.2) is 0 Å². The molecule has 8 aliphatic rings. The summed E-state index contributed by atoms with van der Waals surface area (Å²) in [5.41, 5.74) is -1.81. The molecule has 2 saturated heterocycles. The molecule has 53 heavy (non-hydrogen) atoms. The van der Waals surface area contributed by atoms with Crippen molar-refractivity contribution in [1.29, 1.82) is 10.5 Å². The third kappa shape index (κ3) is 8.59. The molecule has 6 aliphatic carbocycles. The molecule has 2 aliphatic heterocycles. The second-order valence-corrected chi connectivity index (χ2v) is 17.0. The average molecular weight is 749 g/mol. The molecule has 12 nitrogen and oxygen atoms in total. The molecule has 4 bridgehead atoms. The lowest BCUT2D eigenvalue weighted by Gasteiger charge is -2.52. The van der Waals surface area contributed by atoms with E-state index in [0.29, 0.717) is 90.1 Å².